The Bertz CT molecular complexity index is 205. The summed E-state index contributed by atoms with van der Waals surface area (Å²) in [6.07, 6.45) is -0.237. The normalized spacial score (nSPS) is 19.4. The van der Waals surface area contributed by atoms with Crippen LogP contribution in [0.15, 0.2) is 10.5 Å². The summed E-state index contributed by atoms with van der Waals surface area (Å²) in [7, 11) is -1.84. The lowest BCUT2D eigenvalue weighted by Gasteiger charge is -2.09. The molecule has 0 aromatic heterocycles. The van der Waals surface area contributed by atoms with E-state index in [1.165, 1.54) is 20.8 Å². The fourth-order valence-corrected chi connectivity index (χ4v) is 1.69. The van der Waals surface area contributed by atoms with Gasteiger partial charge in [-0.15, -0.1) is 13.2 Å². The monoisotopic (exact) mass is 217 g/mol. The molecular formula is C8H13F4S+. The topological polar surface area (TPSA) is 0 Å². The van der Waals surface area contributed by atoms with E-state index in [1.54, 1.807) is 0 Å². The van der Waals surface area contributed by atoms with E-state index < -0.39 is 22.6 Å². The molecule has 0 spiro atoms. The Morgan fingerprint density at radius 2 is 1.62 bits per heavy atom. The van der Waals surface area contributed by atoms with Gasteiger partial charge in [0.15, 0.2) is 0 Å². The van der Waals surface area contributed by atoms with Crippen molar-refractivity contribution >= 4 is 10.9 Å². The molecule has 13 heavy (non-hydrogen) atoms. The van der Waals surface area contributed by atoms with Crippen LogP contribution in [-0.2, 0) is 10.9 Å². The van der Waals surface area contributed by atoms with Crippen molar-refractivity contribution in [3.05, 3.63) is 10.5 Å². The van der Waals surface area contributed by atoms with E-state index in [1.807, 2.05) is 0 Å². The predicted molar refractivity (Wildman–Crippen MR) is 48.3 cm³/mol. The zero-order valence-electron chi connectivity index (χ0n) is 8.00. The van der Waals surface area contributed by atoms with Crippen LogP contribution in [0.2, 0.25) is 0 Å². The summed E-state index contributed by atoms with van der Waals surface area (Å²) >= 11 is 0. The van der Waals surface area contributed by atoms with Gasteiger partial charge in [-0.25, -0.2) is 4.39 Å². The van der Waals surface area contributed by atoms with Crippen molar-refractivity contribution in [2.45, 2.75) is 32.5 Å². The molecule has 2 atom stereocenters. The molecule has 0 aromatic rings. The molecule has 0 nitrogen and oxygen atoms in total. The van der Waals surface area contributed by atoms with Crippen molar-refractivity contribution in [2.75, 3.05) is 6.26 Å². The molecule has 0 aromatic carbocycles. The molecule has 5 heteroatoms. The lowest BCUT2D eigenvalue weighted by Crippen LogP contribution is -2.24. The second kappa shape index (κ2) is 4.35. The third-order valence-electron chi connectivity index (χ3n) is 1.96. The number of hydrogen-bond donors (Lipinski definition) is 0. The van der Waals surface area contributed by atoms with Gasteiger partial charge in [0.2, 0.25) is 0 Å². The van der Waals surface area contributed by atoms with Gasteiger partial charge in [0.05, 0.1) is 0 Å². The van der Waals surface area contributed by atoms with Gasteiger partial charge in [-0.3, -0.25) is 0 Å². The van der Waals surface area contributed by atoms with Crippen LogP contribution in [0, 0.1) is 0 Å². The van der Waals surface area contributed by atoms with E-state index in [0.29, 0.717) is 0 Å². The first-order valence-electron chi connectivity index (χ1n) is 3.72. The molecule has 0 rings (SSSR count). The zero-order valence-corrected chi connectivity index (χ0v) is 8.81. The summed E-state index contributed by atoms with van der Waals surface area (Å²) < 4.78 is 49.2. The first-order chi connectivity index (χ1) is 5.68. The summed E-state index contributed by atoms with van der Waals surface area (Å²) in [4.78, 5) is 0.0995. The second-order valence-electron chi connectivity index (χ2n) is 2.81. The van der Waals surface area contributed by atoms with Crippen LogP contribution in [0.4, 0.5) is 17.6 Å². The van der Waals surface area contributed by atoms with E-state index in [4.69, 9.17) is 0 Å². The Morgan fingerprint density at radius 1 is 1.23 bits per heavy atom. The van der Waals surface area contributed by atoms with Crippen LogP contribution in [0.5, 0.6) is 0 Å². The van der Waals surface area contributed by atoms with E-state index in [0.717, 1.165) is 6.26 Å². The third kappa shape index (κ3) is 3.58. The largest absolute Gasteiger partial charge is 0.579 e. The van der Waals surface area contributed by atoms with Gasteiger partial charge in [0, 0.05) is 12.5 Å². The van der Waals surface area contributed by atoms with Crippen molar-refractivity contribution < 1.29 is 17.6 Å². The van der Waals surface area contributed by atoms with Crippen LogP contribution in [0.25, 0.3) is 0 Å². The third-order valence-corrected chi connectivity index (χ3v) is 3.89. The minimum Gasteiger partial charge on any atom is -0.243 e. The Balaban J connectivity index is 4.78. The maximum absolute atomic E-state index is 12.7. The molecule has 0 heterocycles. The van der Waals surface area contributed by atoms with Crippen LogP contribution < -0.4 is 0 Å². The van der Waals surface area contributed by atoms with Crippen LogP contribution >= 0.6 is 0 Å². The lowest BCUT2D eigenvalue weighted by atomic mass is 10.2. The average molecular weight is 217 g/mol. The van der Waals surface area contributed by atoms with Gasteiger partial charge >= 0.3 is 5.51 Å². The highest BCUT2D eigenvalue weighted by Gasteiger charge is 2.49. The van der Waals surface area contributed by atoms with Crippen LogP contribution in [0.1, 0.15) is 20.8 Å². The molecule has 0 aliphatic heterocycles. The molecular weight excluding hydrogens is 204 g/mol. The van der Waals surface area contributed by atoms with Gasteiger partial charge < -0.3 is 0 Å². The number of allylic oxidation sites excluding steroid dienone is 2. The van der Waals surface area contributed by atoms with Gasteiger partial charge in [-0.2, -0.15) is 0 Å². The number of hydrogen-bond acceptors (Lipinski definition) is 0. The van der Waals surface area contributed by atoms with E-state index in [-0.39, 0.29) is 10.5 Å². The molecule has 0 amide bonds. The molecule has 0 saturated carbocycles. The highest BCUT2D eigenvalue weighted by molar-refractivity contribution is 8.00. The Hall–Kier alpha value is -0.190. The fraction of sp³-hybridized carbons (Fsp3) is 0.750. The van der Waals surface area contributed by atoms with Crippen molar-refractivity contribution in [2.24, 2.45) is 0 Å². The molecule has 0 aliphatic carbocycles. The minimum atomic E-state index is -4.25. The molecule has 0 radical (unpaired) electrons. The summed E-state index contributed by atoms with van der Waals surface area (Å²) in [5.74, 6) is 0. The number of alkyl halides is 4. The smallest absolute Gasteiger partial charge is 0.243 e. The summed E-state index contributed by atoms with van der Waals surface area (Å²) in [5, 5.41) is 0. The fourth-order valence-electron chi connectivity index (χ4n) is 0.695. The molecule has 0 N–H and O–H groups in total. The maximum atomic E-state index is 12.7. The summed E-state index contributed by atoms with van der Waals surface area (Å²) in [5.41, 5.74) is -4.07. The molecule has 1 unspecified atom stereocenters. The second-order valence-corrected chi connectivity index (χ2v) is 4.91. The quantitative estimate of drug-likeness (QED) is 0.491. The predicted octanol–water partition coefficient (Wildman–Crippen LogP) is 3.41. The first kappa shape index (κ1) is 12.8. The number of rotatable bonds is 2. The zero-order chi connectivity index (χ0) is 10.8. The van der Waals surface area contributed by atoms with E-state index in [9.17, 15) is 17.6 Å². The molecule has 0 bridgehead atoms. The first-order valence-corrected chi connectivity index (χ1v) is 5.35. The highest BCUT2D eigenvalue weighted by atomic mass is 32.2. The standard InChI is InChI=1S/C8H13F4S/c1-5(6(2)9)7(3)13(4)8(10,11)12/h6H,1-4H3/q+1/b7-5+/t6-,13?/m1/s1. The summed E-state index contributed by atoms with van der Waals surface area (Å²) in [6, 6.07) is 0. The number of halogens is 4. The molecule has 0 saturated heterocycles. The van der Waals surface area contributed by atoms with Gasteiger partial charge in [0.25, 0.3) is 0 Å². The SMILES string of the molecule is C/C(=C(/C)[S+](C)C(F)(F)F)[C@@H](C)F. The molecule has 0 aliphatic rings. The van der Waals surface area contributed by atoms with Gasteiger partial charge in [-0.1, -0.05) is 0 Å². The maximum Gasteiger partial charge on any atom is 0.579 e. The Labute approximate surface area is 78.4 Å². The minimum absolute atomic E-state index is 0.0995. The van der Waals surface area contributed by atoms with Crippen LogP contribution in [0.3, 0.4) is 0 Å². The van der Waals surface area contributed by atoms with Crippen molar-refractivity contribution in [1.29, 1.82) is 0 Å². The van der Waals surface area contributed by atoms with Crippen molar-refractivity contribution in [3.8, 4) is 0 Å². The van der Waals surface area contributed by atoms with Crippen molar-refractivity contribution in [3.63, 3.8) is 0 Å². The van der Waals surface area contributed by atoms with E-state index >= 15 is 0 Å². The average Bonchev–Trinajstić information content (AvgIpc) is 1.98. The van der Waals surface area contributed by atoms with Gasteiger partial charge in [0.1, 0.15) is 28.2 Å². The Morgan fingerprint density at radius 3 is 1.85 bits per heavy atom. The van der Waals surface area contributed by atoms with Crippen LogP contribution in [-0.4, -0.2) is 17.9 Å². The molecule has 78 valence electrons. The summed E-state index contributed by atoms with van der Waals surface area (Å²) in [6.45, 7) is 3.98. The lowest BCUT2D eigenvalue weighted by molar-refractivity contribution is -0.0358. The van der Waals surface area contributed by atoms with Crippen molar-refractivity contribution in [1.82, 2.24) is 0 Å². The van der Waals surface area contributed by atoms with Gasteiger partial charge in [-0.05, 0) is 13.8 Å². The van der Waals surface area contributed by atoms with E-state index in [2.05, 4.69) is 0 Å². The Kier molecular flexibility index (Phi) is 4.29. The highest BCUT2D eigenvalue weighted by Crippen LogP contribution is 2.31. The molecule has 0 fully saturated rings.